The molecular weight excluding hydrogens is 1290 g/mol. The van der Waals surface area contributed by atoms with Gasteiger partial charge in [-0.25, -0.2) is 8.78 Å². The molecule has 2 aromatic heterocycles. The number of likely N-dealkylation sites (N-methyl/N-ethyl adjacent to an activating group) is 2. The van der Waals surface area contributed by atoms with Crippen LogP contribution in [0.25, 0.3) is 22.3 Å². The summed E-state index contributed by atoms with van der Waals surface area (Å²) in [5.74, 6) is -8.30. The molecule has 6 aromatic carbocycles. The second-order valence-electron chi connectivity index (χ2n) is 21.4. The Morgan fingerprint density at radius 3 is 1.69 bits per heavy atom. The maximum Gasteiger partial charge on any atom is 0.416 e. The number of halogens is 8. The van der Waals surface area contributed by atoms with E-state index in [-0.39, 0.29) is 92.4 Å². The molecule has 22 heteroatoms. The molecule has 0 N–H and O–H groups in total. The molecule has 10 rings (SSSR count). The van der Waals surface area contributed by atoms with Crippen molar-refractivity contribution in [1.82, 2.24) is 38.7 Å². The van der Waals surface area contributed by atoms with Gasteiger partial charge in [-0.1, -0.05) is 155 Å². The number of benzene rings is 6. The summed E-state index contributed by atoms with van der Waals surface area (Å²) in [4.78, 5) is 66.4. The highest BCUT2D eigenvalue weighted by Crippen LogP contribution is 2.37. The van der Waals surface area contributed by atoms with Crippen molar-refractivity contribution in [3.63, 3.8) is 0 Å². The number of hydrogen-bond acceptors (Lipinski definition) is 10. The molecule has 0 saturated carbocycles. The third-order valence-electron chi connectivity index (χ3n) is 14.8. The van der Waals surface area contributed by atoms with Gasteiger partial charge in [0.05, 0.1) is 35.8 Å². The van der Waals surface area contributed by atoms with Gasteiger partial charge in [0.15, 0.2) is 10.3 Å². The molecule has 12 nitrogen and oxygen atoms in total. The first-order chi connectivity index (χ1) is 56.8. The largest absolute Gasteiger partial charge is 0.416 e. The average Bonchev–Trinajstić information content (AvgIpc) is 1.46. The molecule has 514 valence electrons. The highest BCUT2D eigenvalue weighted by Gasteiger charge is 2.34. The second-order valence-corrected chi connectivity index (χ2v) is 23.3. The van der Waals surface area contributed by atoms with Crippen LogP contribution in [0.2, 0.25) is 0 Å². The van der Waals surface area contributed by atoms with E-state index in [0.717, 1.165) is 95.4 Å². The van der Waals surface area contributed by atoms with Crippen LogP contribution in [0, 0.1) is 24.5 Å². The van der Waals surface area contributed by atoms with Crippen LogP contribution in [0.15, 0.2) is 159 Å². The fourth-order valence-electron chi connectivity index (χ4n) is 9.65. The lowest BCUT2D eigenvalue weighted by Crippen LogP contribution is -2.42. The fourth-order valence-corrected chi connectivity index (χ4v) is 11.6. The van der Waals surface area contributed by atoms with Crippen LogP contribution in [0.4, 0.5) is 35.1 Å². The number of amides is 2. The Morgan fingerprint density at radius 1 is 0.629 bits per heavy atom. The third kappa shape index (κ3) is 19.1. The van der Waals surface area contributed by atoms with Crippen molar-refractivity contribution in [3.05, 3.63) is 233 Å². The first kappa shape index (κ1) is 44.9. The monoisotopic (exact) mass is 1400 g/mol. The maximum absolute atomic E-state index is 15.3. The molecule has 0 saturated heterocycles. The van der Waals surface area contributed by atoms with Crippen molar-refractivity contribution < 1.29 is 81.7 Å². The first-order valence-corrected chi connectivity index (χ1v) is 32.1. The zero-order chi connectivity index (χ0) is 93.8. The van der Waals surface area contributed by atoms with Crippen molar-refractivity contribution in [3.8, 4) is 22.3 Å². The number of carbonyl (C=O) groups is 2. The summed E-state index contributed by atoms with van der Waals surface area (Å²) in [5.41, 5.74) is -10.1. The topological polar surface area (TPSA) is 117 Å². The normalized spacial score (nSPS) is 21.1. The van der Waals surface area contributed by atoms with Crippen LogP contribution in [0.5, 0.6) is 0 Å². The number of alkyl halides is 6. The smallest absolute Gasteiger partial charge is 0.336 e. The molecule has 0 fully saturated rings. The number of aromatic nitrogens is 4. The van der Waals surface area contributed by atoms with E-state index >= 15 is 9.59 Å². The molecule has 0 aliphatic heterocycles. The number of rotatable bonds is 26. The Morgan fingerprint density at radius 2 is 1.13 bits per heavy atom. The molecule has 0 bridgehead atoms. The van der Waals surface area contributed by atoms with Gasteiger partial charge in [0.2, 0.25) is 11.8 Å². The van der Waals surface area contributed by atoms with Crippen LogP contribution in [0.1, 0.15) is 152 Å². The molecule has 97 heavy (non-hydrogen) atoms. The van der Waals surface area contributed by atoms with Crippen LogP contribution >= 0.6 is 23.5 Å². The lowest BCUT2D eigenvalue weighted by atomic mass is 9.98. The van der Waals surface area contributed by atoms with Crippen LogP contribution in [-0.4, -0.2) is 103 Å². The molecular formula is C75H82F8N8O4S2. The van der Waals surface area contributed by atoms with Crippen LogP contribution < -0.4 is 11.1 Å². The standard InChI is InChI=1S/C38H42F4N4O2S.C37H40F4N4O2S/c1-5-44(6-2)20-21-45(23-27-10-14-29(15-11-27)30-16-19-33(25(3)22-30)38(40,41)42)36(48)26(4)46-34-9-7-8-32(34)35(47)43-37(46)49-24-28-12-17-31(39)18-13-28;1-4-43(5-2)18-19-44(22-26-6-10-28(11-7-26)29-12-14-30(15-13-29)37(39,40)41)34(46)23-45-33-21-25(3)20-32(33)35(47)42-36(45)48-24-27-8-16-31(38)17-9-27/h10-19,22,26H,5-9,20-21,23-24H2,1-4H3;6-17,25H,4-5,18-24H2,1-3H3/i10D,11D,14D,15D,16D,19D,20D2,21D2,22D,23D2,26D;18D2,19D2,20D2,21D2,22D2,23D2,25D. The van der Waals surface area contributed by atoms with Crippen LogP contribution in [-0.2, 0) is 78.5 Å². The molecule has 8 aromatic rings. The van der Waals surface area contributed by atoms with Crippen molar-refractivity contribution in [2.45, 2.75) is 140 Å². The lowest BCUT2D eigenvalue weighted by molar-refractivity contribution is -0.138. The van der Waals surface area contributed by atoms with Crippen LogP contribution in [0.3, 0.4) is 0 Å². The van der Waals surface area contributed by atoms with E-state index in [4.69, 9.17) is 21.9 Å². The Bertz CT molecular complexity index is 5490. The minimum atomic E-state index is -5.20. The van der Waals surface area contributed by atoms with E-state index in [0.29, 0.717) is 29.3 Å². The average molecular weight is 1400 g/mol. The van der Waals surface area contributed by atoms with E-state index in [1.807, 2.05) is 0 Å². The predicted octanol–water partition coefficient (Wildman–Crippen LogP) is 15.6. The Balaban J connectivity index is 0.000000281. The molecule has 2 aliphatic carbocycles. The van der Waals surface area contributed by atoms with Gasteiger partial charge in [-0.3, -0.25) is 19.2 Å². The van der Waals surface area contributed by atoms with Crippen molar-refractivity contribution in [2.24, 2.45) is 5.89 Å². The molecule has 2 aliphatic rings. The predicted molar refractivity (Wildman–Crippen MR) is 367 cm³/mol. The van der Waals surface area contributed by atoms with Crippen molar-refractivity contribution in [2.75, 3.05) is 52.2 Å². The SMILES string of the molecule is [2H]C([2H])(c1ccc(-c2ccc(C(F)(F)F)cc2)cc1)N(C(=O)C([2H])([2H])n1c(SCc2ccc(F)cc2)nc(=O)c2c1C([2H])([2H])C([2H])(C)C2([2H])[2H])C([2H])([2H])C([2H])([2H])N(CC)CC.[2H]c1c([2H])c(C([2H])([2H])N(C(=O)C([2H])(C)n2c(SCc3ccc(F)cc3)nc(=O)c3c2CCC3)C([2H])([2H])C([2H])([2H])N(CC)CC)c([2H])c([2H])c1-c1c([2H])c([2H])c(C(F)(F)F)c(C)c1[2H]. The van der Waals surface area contributed by atoms with E-state index in [1.165, 1.54) is 76.2 Å². The summed E-state index contributed by atoms with van der Waals surface area (Å²) in [7, 11) is 0. The number of thioether (sulfide) groups is 2. The summed E-state index contributed by atoms with van der Waals surface area (Å²) < 4.78 is 354. The van der Waals surface area contributed by atoms with Gasteiger partial charge in [-0.05, 0) is 170 Å². The van der Waals surface area contributed by atoms with E-state index in [9.17, 15) is 59.8 Å². The number of hydrogen-bond donors (Lipinski definition) is 0. The third-order valence-corrected chi connectivity index (χ3v) is 16.8. The van der Waals surface area contributed by atoms with E-state index in [1.54, 1.807) is 0 Å². The zero-order valence-corrected chi connectivity index (χ0v) is 54.8. The summed E-state index contributed by atoms with van der Waals surface area (Å²) in [5, 5.41) is -1.06. The van der Waals surface area contributed by atoms with Gasteiger partial charge in [0.25, 0.3) is 11.1 Å². The Labute approximate surface area is 608 Å². The zero-order valence-electron chi connectivity index (χ0n) is 80.2. The molecule has 0 radical (unpaired) electrons. The maximum atomic E-state index is 15.3. The molecule has 2 heterocycles. The number of fused-ring (bicyclic) bond motifs is 2. The quantitative estimate of drug-likeness (QED) is 0.0295. The van der Waals surface area contributed by atoms with E-state index < -0.39 is 215 Å². The molecule has 2 atom stereocenters. The summed E-state index contributed by atoms with van der Waals surface area (Å²) in [6, 6.07) is 6.50. The number of nitrogens with zero attached hydrogens (tertiary/aromatic N) is 8. The minimum absolute atomic E-state index is 0.00119. The molecule has 2 amide bonds. The first-order valence-electron chi connectivity index (χ1n) is 43.6. The molecule has 0 spiro atoms. The van der Waals surface area contributed by atoms with E-state index in [2.05, 4.69) is 9.97 Å². The van der Waals surface area contributed by atoms with Gasteiger partial charge < -0.3 is 28.7 Å². The lowest BCUT2D eigenvalue weighted by Gasteiger charge is -2.31. The number of carbonyl (C=O) groups excluding carboxylic acids is 2. The summed E-state index contributed by atoms with van der Waals surface area (Å²) in [6.07, 6.45) is -15.7. The van der Waals surface area contributed by atoms with Gasteiger partial charge in [-0.15, -0.1) is 0 Å². The summed E-state index contributed by atoms with van der Waals surface area (Å²) >= 11 is 1.35. The second kappa shape index (κ2) is 33.1. The van der Waals surface area contributed by atoms with Crippen molar-refractivity contribution >= 4 is 35.3 Å². The fraction of sp³-hybridized carbons (Fsp3) is 0.387. The van der Waals surface area contributed by atoms with Gasteiger partial charge in [0, 0.05) is 85.3 Å². The summed E-state index contributed by atoms with van der Waals surface area (Å²) in [6.45, 7) is -18.2. The Kier molecular flexibility index (Phi) is 15.3. The minimum Gasteiger partial charge on any atom is -0.336 e. The van der Waals surface area contributed by atoms with Gasteiger partial charge >= 0.3 is 12.4 Å². The van der Waals surface area contributed by atoms with Gasteiger partial charge in [0.1, 0.15) is 24.1 Å². The van der Waals surface area contributed by atoms with Gasteiger partial charge in [-0.2, -0.15) is 36.3 Å². The van der Waals surface area contributed by atoms with Crippen molar-refractivity contribution in [1.29, 1.82) is 0 Å². The molecule has 2 unspecified atom stereocenters. The highest BCUT2D eigenvalue weighted by molar-refractivity contribution is 7.98. The highest BCUT2D eigenvalue weighted by atomic mass is 32.2. The Hall–Kier alpha value is -7.92.